The van der Waals surface area contributed by atoms with Crippen molar-refractivity contribution in [1.29, 1.82) is 0 Å². The maximum absolute atomic E-state index is 8.74. The van der Waals surface area contributed by atoms with Crippen LogP contribution in [0, 0.1) is 0 Å². The molecule has 0 aliphatic rings. The summed E-state index contributed by atoms with van der Waals surface area (Å²) < 4.78 is 1.81. The molecule has 0 fully saturated rings. The molecular formula is C8H15N3O. The first-order valence-electron chi connectivity index (χ1n) is 4.09. The smallest absolute Gasteiger partial charge is 0.0644 e. The Bertz CT molecular complexity index is 234. The molecule has 4 heteroatoms. The third kappa shape index (κ3) is 1.84. The second-order valence-electron chi connectivity index (χ2n) is 2.71. The third-order valence-electron chi connectivity index (χ3n) is 1.94. The highest BCUT2D eigenvalue weighted by molar-refractivity contribution is 5.05. The standard InChI is InChI=1S/C8H15N3O/c1-7(9-2)8-3-4-10-11(8)5-6-12/h3-4,7,9,12H,5-6H2,1-2H3. The Morgan fingerprint density at radius 2 is 2.50 bits per heavy atom. The minimum absolute atomic E-state index is 0.130. The monoisotopic (exact) mass is 169 g/mol. The molecule has 0 spiro atoms. The lowest BCUT2D eigenvalue weighted by Crippen LogP contribution is -2.18. The largest absolute Gasteiger partial charge is 0.394 e. The number of aliphatic hydroxyl groups is 1. The van der Waals surface area contributed by atoms with Crippen molar-refractivity contribution in [2.24, 2.45) is 0 Å². The lowest BCUT2D eigenvalue weighted by molar-refractivity contribution is 0.265. The van der Waals surface area contributed by atoms with Crippen molar-refractivity contribution in [3.63, 3.8) is 0 Å². The normalized spacial score (nSPS) is 13.2. The second-order valence-corrected chi connectivity index (χ2v) is 2.71. The van der Waals surface area contributed by atoms with Crippen LogP contribution in [0.25, 0.3) is 0 Å². The average molecular weight is 169 g/mol. The molecule has 4 nitrogen and oxygen atoms in total. The molecule has 1 heterocycles. The van der Waals surface area contributed by atoms with Crippen molar-refractivity contribution in [3.8, 4) is 0 Å². The predicted molar refractivity (Wildman–Crippen MR) is 46.8 cm³/mol. The number of aliphatic hydroxyl groups excluding tert-OH is 1. The van der Waals surface area contributed by atoms with E-state index in [0.29, 0.717) is 6.54 Å². The van der Waals surface area contributed by atoms with Crippen LogP contribution in [0.15, 0.2) is 12.3 Å². The van der Waals surface area contributed by atoms with Gasteiger partial charge in [0.25, 0.3) is 0 Å². The zero-order valence-electron chi connectivity index (χ0n) is 7.49. The van der Waals surface area contributed by atoms with Crippen LogP contribution in [0.5, 0.6) is 0 Å². The zero-order chi connectivity index (χ0) is 8.97. The number of rotatable bonds is 4. The van der Waals surface area contributed by atoms with Gasteiger partial charge in [0.05, 0.1) is 18.8 Å². The van der Waals surface area contributed by atoms with Gasteiger partial charge < -0.3 is 10.4 Å². The molecule has 68 valence electrons. The maximum Gasteiger partial charge on any atom is 0.0644 e. The van der Waals surface area contributed by atoms with E-state index < -0.39 is 0 Å². The Morgan fingerprint density at radius 3 is 3.08 bits per heavy atom. The van der Waals surface area contributed by atoms with Gasteiger partial charge in [-0.05, 0) is 20.0 Å². The average Bonchev–Trinajstić information content (AvgIpc) is 2.52. The molecule has 0 saturated carbocycles. The van der Waals surface area contributed by atoms with Crippen molar-refractivity contribution in [1.82, 2.24) is 15.1 Å². The molecule has 1 rings (SSSR count). The molecule has 12 heavy (non-hydrogen) atoms. The summed E-state index contributed by atoms with van der Waals surface area (Å²) in [7, 11) is 1.90. The Kier molecular flexibility index (Phi) is 3.25. The summed E-state index contributed by atoms with van der Waals surface area (Å²) in [6.07, 6.45) is 1.75. The van der Waals surface area contributed by atoms with E-state index in [-0.39, 0.29) is 12.6 Å². The van der Waals surface area contributed by atoms with Crippen molar-refractivity contribution in [2.45, 2.75) is 19.5 Å². The molecule has 0 amide bonds. The molecule has 0 saturated heterocycles. The lowest BCUT2D eigenvalue weighted by atomic mass is 10.2. The van der Waals surface area contributed by atoms with Gasteiger partial charge in [-0.2, -0.15) is 5.10 Å². The summed E-state index contributed by atoms with van der Waals surface area (Å²) in [5.74, 6) is 0. The Morgan fingerprint density at radius 1 is 1.75 bits per heavy atom. The van der Waals surface area contributed by atoms with Gasteiger partial charge in [-0.15, -0.1) is 0 Å². The number of nitrogens with zero attached hydrogens (tertiary/aromatic N) is 2. The van der Waals surface area contributed by atoms with Gasteiger partial charge in [0.2, 0.25) is 0 Å². The summed E-state index contributed by atoms with van der Waals surface area (Å²) in [5.41, 5.74) is 1.10. The topological polar surface area (TPSA) is 50.1 Å². The van der Waals surface area contributed by atoms with Gasteiger partial charge >= 0.3 is 0 Å². The number of hydrogen-bond donors (Lipinski definition) is 2. The molecule has 1 unspecified atom stereocenters. The summed E-state index contributed by atoms with van der Waals surface area (Å²) >= 11 is 0. The molecule has 1 aromatic heterocycles. The fourth-order valence-corrected chi connectivity index (χ4v) is 1.14. The van der Waals surface area contributed by atoms with Crippen LogP contribution in [0.3, 0.4) is 0 Å². The molecule has 0 aliphatic heterocycles. The minimum atomic E-state index is 0.130. The van der Waals surface area contributed by atoms with Gasteiger partial charge in [-0.3, -0.25) is 4.68 Å². The van der Waals surface area contributed by atoms with Crippen molar-refractivity contribution in [3.05, 3.63) is 18.0 Å². The zero-order valence-corrected chi connectivity index (χ0v) is 7.49. The van der Waals surface area contributed by atoms with E-state index in [4.69, 9.17) is 5.11 Å². The van der Waals surface area contributed by atoms with E-state index in [1.54, 1.807) is 10.9 Å². The molecule has 0 bridgehead atoms. The molecular weight excluding hydrogens is 154 g/mol. The van der Waals surface area contributed by atoms with Crippen molar-refractivity contribution >= 4 is 0 Å². The summed E-state index contributed by atoms with van der Waals surface area (Å²) in [4.78, 5) is 0. The first kappa shape index (κ1) is 9.22. The Balaban J connectivity index is 2.76. The first-order valence-corrected chi connectivity index (χ1v) is 4.09. The SMILES string of the molecule is CNC(C)c1ccnn1CCO. The maximum atomic E-state index is 8.74. The van der Waals surface area contributed by atoms with Gasteiger partial charge in [-0.1, -0.05) is 0 Å². The van der Waals surface area contributed by atoms with Gasteiger partial charge in [-0.25, -0.2) is 0 Å². The van der Waals surface area contributed by atoms with Gasteiger partial charge in [0, 0.05) is 12.2 Å². The second kappa shape index (κ2) is 4.23. The molecule has 0 aromatic carbocycles. The Hall–Kier alpha value is -0.870. The fraction of sp³-hybridized carbons (Fsp3) is 0.625. The van der Waals surface area contributed by atoms with Crippen LogP contribution in [0.1, 0.15) is 18.7 Å². The molecule has 0 radical (unpaired) electrons. The van der Waals surface area contributed by atoms with E-state index in [9.17, 15) is 0 Å². The molecule has 1 atom stereocenters. The van der Waals surface area contributed by atoms with Crippen molar-refractivity contribution in [2.75, 3.05) is 13.7 Å². The first-order chi connectivity index (χ1) is 5.79. The molecule has 0 aliphatic carbocycles. The molecule has 2 N–H and O–H groups in total. The fourth-order valence-electron chi connectivity index (χ4n) is 1.14. The van der Waals surface area contributed by atoms with E-state index in [2.05, 4.69) is 17.3 Å². The molecule has 1 aromatic rings. The highest BCUT2D eigenvalue weighted by atomic mass is 16.3. The van der Waals surface area contributed by atoms with E-state index in [1.165, 1.54) is 0 Å². The highest BCUT2D eigenvalue weighted by Gasteiger charge is 2.07. The van der Waals surface area contributed by atoms with E-state index >= 15 is 0 Å². The van der Waals surface area contributed by atoms with Crippen LogP contribution in [0.2, 0.25) is 0 Å². The quantitative estimate of drug-likeness (QED) is 0.675. The van der Waals surface area contributed by atoms with Gasteiger partial charge in [0.1, 0.15) is 0 Å². The van der Waals surface area contributed by atoms with E-state index in [1.807, 2.05) is 13.1 Å². The predicted octanol–water partition coefficient (Wildman–Crippen LogP) is 0.156. The third-order valence-corrected chi connectivity index (χ3v) is 1.94. The Labute approximate surface area is 72.2 Å². The number of nitrogens with one attached hydrogen (secondary N) is 1. The van der Waals surface area contributed by atoms with Crippen molar-refractivity contribution < 1.29 is 5.11 Å². The van der Waals surface area contributed by atoms with Crippen LogP contribution < -0.4 is 5.32 Å². The lowest BCUT2D eigenvalue weighted by Gasteiger charge is -2.11. The number of hydrogen-bond acceptors (Lipinski definition) is 3. The van der Waals surface area contributed by atoms with Crippen LogP contribution in [0.4, 0.5) is 0 Å². The minimum Gasteiger partial charge on any atom is -0.394 e. The summed E-state index contributed by atoms with van der Waals surface area (Å²) in [6.45, 7) is 2.75. The van der Waals surface area contributed by atoms with Crippen LogP contribution in [-0.4, -0.2) is 28.5 Å². The number of aromatic nitrogens is 2. The summed E-state index contributed by atoms with van der Waals surface area (Å²) in [5, 5.41) is 16.0. The highest BCUT2D eigenvalue weighted by Crippen LogP contribution is 2.09. The van der Waals surface area contributed by atoms with E-state index in [0.717, 1.165) is 5.69 Å². The van der Waals surface area contributed by atoms with Crippen LogP contribution >= 0.6 is 0 Å². The summed E-state index contributed by atoms with van der Waals surface area (Å²) in [6, 6.07) is 2.23. The van der Waals surface area contributed by atoms with Gasteiger partial charge in [0.15, 0.2) is 0 Å². The van der Waals surface area contributed by atoms with Crippen LogP contribution in [-0.2, 0) is 6.54 Å².